The van der Waals surface area contributed by atoms with Crippen LogP contribution >= 0.6 is 11.3 Å². The van der Waals surface area contributed by atoms with Crippen molar-refractivity contribution in [2.45, 2.75) is 50.8 Å². The Labute approximate surface area is 131 Å². The zero-order valence-electron chi connectivity index (χ0n) is 12.2. The lowest BCUT2D eigenvalue weighted by Crippen LogP contribution is -2.39. The molecule has 2 aromatic heterocycles. The largest absolute Gasteiger partial charge is 0.393 e. The molecule has 3 rings (SSSR count). The van der Waals surface area contributed by atoms with Gasteiger partial charge in [0.15, 0.2) is 0 Å². The van der Waals surface area contributed by atoms with Crippen LogP contribution in [0.15, 0.2) is 22.6 Å². The number of aryl methyl sites for hydroxylation is 1. The van der Waals surface area contributed by atoms with E-state index in [-0.39, 0.29) is 30.0 Å². The van der Waals surface area contributed by atoms with Crippen molar-refractivity contribution >= 4 is 27.5 Å². The molecule has 2 aromatic rings. The second-order valence-electron chi connectivity index (χ2n) is 5.71. The number of aliphatic hydroxyl groups excluding tert-OH is 1. The molecule has 2 heterocycles. The molecule has 0 spiro atoms. The van der Waals surface area contributed by atoms with Gasteiger partial charge in [-0.2, -0.15) is 0 Å². The summed E-state index contributed by atoms with van der Waals surface area (Å²) in [6.07, 6.45) is 4.65. The summed E-state index contributed by atoms with van der Waals surface area (Å²) in [5.41, 5.74) is -0.0974. The standard InChI is InChI=1S/C15H19N3O3S/c19-11-3-1-10(2-4-11)17-13(20)5-7-18-9-16-14-12(15(18)21)6-8-22-14/h6,8-11,19H,1-5,7H2,(H,17,20). The fraction of sp³-hybridized carbons (Fsp3) is 0.533. The number of aliphatic hydroxyl groups is 1. The highest BCUT2D eigenvalue weighted by molar-refractivity contribution is 7.16. The van der Waals surface area contributed by atoms with Gasteiger partial charge in [0.1, 0.15) is 4.83 Å². The third-order valence-electron chi connectivity index (χ3n) is 4.09. The van der Waals surface area contributed by atoms with E-state index in [0.29, 0.717) is 11.9 Å². The SMILES string of the molecule is O=C(CCn1cnc2sccc2c1=O)NC1CCC(O)CC1. The minimum Gasteiger partial charge on any atom is -0.393 e. The smallest absolute Gasteiger partial charge is 0.262 e. The van der Waals surface area contributed by atoms with Gasteiger partial charge in [-0.1, -0.05) is 0 Å². The summed E-state index contributed by atoms with van der Waals surface area (Å²) >= 11 is 1.43. The highest BCUT2D eigenvalue weighted by Crippen LogP contribution is 2.18. The van der Waals surface area contributed by atoms with Crippen molar-refractivity contribution in [1.29, 1.82) is 0 Å². The van der Waals surface area contributed by atoms with Crippen molar-refractivity contribution in [2.24, 2.45) is 0 Å². The molecule has 0 bridgehead atoms. The number of hydrogen-bond donors (Lipinski definition) is 2. The third-order valence-corrected chi connectivity index (χ3v) is 4.91. The van der Waals surface area contributed by atoms with E-state index in [4.69, 9.17) is 0 Å². The van der Waals surface area contributed by atoms with Gasteiger partial charge in [0, 0.05) is 19.0 Å². The molecule has 1 amide bonds. The number of hydrogen-bond acceptors (Lipinski definition) is 5. The van der Waals surface area contributed by atoms with Crippen LogP contribution in [-0.2, 0) is 11.3 Å². The van der Waals surface area contributed by atoms with E-state index in [1.807, 2.05) is 5.38 Å². The number of nitrogens with one attached hydrogen (secondary N) is 1. The Hall–Kier alpha value is -1.73. The summed E-state index contributed by atoms with van der Waals surface area (Å²) < 4.78 is 1.49. The molecule has 1 aliphatic rings. The van der Waals surface area contributed by atoms with Gasteiger partial charge in [0.25, 0.3) is 5.56 Å². The second kappa shape index (κ2) is 6.58. The lowest BCUT2D eigenvalue weighted by Gasteiger charge is -2.26. The maximum Gasteiger partial charge on any atom is 0.262 e. The lowest BCUT2D eigenvalue weighted by molar-refractivity contribution is -0.122. The number of aromatic nitrogens is 2. The first kappa shape index (κ1) is 15.2. The number of nitrogens with zero attached hydrogens (tertiary/aromatic N) is 2. The van der Waals surface area contributed by atoms with E-state index in [1.165, 1.54) is 22.2 Å². The summed E-state index contributed by atoms with van der Waals surface area (Å²) in [6, 6.07) is 1.91. The van der Waals surface area contributed by atoms with E-state index in [0.717, 1.165) is 30.5 Å². The number of amides is 1. The van der Waals surface area contributed by atoms with Gasteiger partial charge >= 0.3 is 0 Å². The van der Waals surface area contributed by atoms with Crippen molar-refractivity contribution in [3.05, 3.63) is 28.1 Å². The van der Waals surface area contributed by atoms with Gasteiger partial charge in [0.2, 0.25) is 5.91 Å². The molecule has 118 valence electrons. The van der Waals surface area contributed by atoms with Crippen LogP contribution in [0.25, 0.3) is 10.2 Å². The normalized spacial score (nSPS) is 21.9. The predicted molar refractivity (Wildman–Crippen MR) is 84.9 cm³/mol. The van der Waals surface area contributed by atoms with Crippen LogP contribution in [0.5, 0.6) is 0 Å². The first-order chi connectivity index (χ1) is 10.6. The third kappa shape index (κ3) is 3.36. The van der Waals surface area contributed by atoms with Crippen LogP contribution in [0.1, 0.15) is 32.1 Å². The van der Waals surface area contributed by atoms with E-state index in [1.54, 1.807) is 6.07 Å². The molecule has 22 heavy (non-hydrogen) atoms. The van der Waals surface area contributed by atoms with E-state index in [2.05, 4.69) is 10.3 Å². The van der Waals surface area contributed by atoms with E-state index < -0.39 is 0 Å². The molecule has 1 fully saturated rings. The summed E-state index contributed by atoms with van der Waals surface area (Å²) in [4.78, 5) is 29.1. The molecule has 0 unspecified atom stereocenters. The zero-order valence-corrected chi connectivity index (χ0v) is 13.0. The quantitative estimate of drug-likeness (QED) is 0.888. The minimum atomic E-state index is -0.227. The topological polar surface area (TPSA) is 84.2 Å². The Morgan fingerprint density at radius 2 is 2.18 bits per heavy atom. The monoisotopic (exact) mass is 321 g/mol. The van der Waals surface area contributed by atoms with Crippen molar-refractivity contribution in [2.75, 3.05) is 0 Å². The Balaban J connectivity index is 1.56. The predicted octanol–water partition coefficient (Wildman–Crippen LogP) is 1.27. The van der Waals surface area contributed by atoms with Gasteiger partial charge in [-0.3, -0.25) is 14.2 Å². The molecule has 0 saturated heterocycles. The highest BCUT2D eigenvalue weighted by Gasteiger charge is 2.20. The molecule has 0 aliphatic heterocycles. The van der Waals surface area contributed by atoms with Crippen LogP contribution in [0.4, 0.5) is 0 Å². The van der Waals surface area contributed by atoms with Gasteiger partial charge in [-0.25, -0.2) is 4.98 Å². The van der Waals surface area contributed by atoms with Crippen LogP contribution in [0, 0.1) is 0 Å². The summed E-state index contributed by atoms with van der Waals surface area (Å²) in [5, 5.41) is 14.9. The summed E-state index contributed by atoms with van der Waals surface area (Å²) in [7, 11) is 0. The average molecular weight is 321 g/mol. The Morgan fingerprint density at radius 3 is 2.95 bits per heavy atom. The zero-order chi connectivity index (χ0) is 15.5. The Morgan fingerprint density at radius 1 is 1.41 bits per heavy atom. The van der Waals surface area contributed by atoms with E-state index in [9.17, 15) is 14.7 Å². The molecule has 7 heteroatoms. The Kier molecular flexibility index (Phi) is 4.54. The van der Waals surface area contributed by atoms with Gasteiger partial charge in [-0.15, -0.1) is 11.3 Å². The molecular weight excluding hydrogens is 302 g/mol. The highest BCUT2D eigenvalue weighted by atomic mass is 32.1. The van der Waals surface area contributed by atoms with Crippen molar-refractivity contribution in [3.63, 3.8) is 0 Å². The molecule has 6 nitrogen and oxygen atoms in total. The average Bonchev–Trinajstić information content (AvgIpc) is 2.98. The molecule has 0 radical (unpaired) electrons. The molecule has 0 atom stereocenters. The first-order valence-corrected chi connectivity index (χ1v) is 8.41. The van der Waals surface area contributed by atoms with Crippen LogP contribution in [-0.4, -0.2) is 32.7 Å². The molecule has 0 aromatic carbocycles. The maximum absolute atomic E-state index is 12.2. The first-order valence-electron chi connectivity index (χ1n) is 7.53. The van der Waals surface area contributed by atoms with Crippen LogP contribution in [0.2, 0.25) is 0 Å². The molecule has 2 N–H and O–H groups in total. The summed E-state index contributed by atoms with van der Waals surface area (Å²) in [5.74, 6) is -0.0568. The van der Waals surface area contributed by atoms with Gasteiger partial charge in [-0.05, 0) is 37.1 Å². The van der Waals surface area contributed by atoms with Crippen LogP contribution in [0.3, 0.4) is 0 Å². The maximum atomic E-state index is 12.2. The number of carbonyl (C=O) groups excluding carboxylic acids is 1. The lowest BCUT2D eigenvalue weighted by atomic mass is 9.93. The van der Waals surface area contributed by atoms with Gasteiger partial charge < -0.3 is 10.4 Å². The van der Waals surface area contributed by atoms with Crippen molar-refractivity contribution < 1.29 is 9.90 Å². The fourth-order valence-corrected chi connectivity index (χ4v) is 3.52. The van der Waals surface area contributed by atoms with Crippen molar-refractivity contribution in [1.82, 2.24) is 14.9 Å². The fourth-order valence-electron chi connectivity index (χ4n) is 2.79. The number of fused-ring (bicyclic) bond motifs is 1. The van der Waals surface area contributed by atoms with Gasteiger partial charge in [0.05, 0.1) is 17.8 Å². The number of rotatable bonds is 4. The second-order valence-corrected chi connectivity index (χ2v) is 6.60. The Bertz CT molecular complexity index is 716. The van der Waals surface area contributed by atoms with E-state index >= 15 is 0 Å². The van der Waals surface area contributed by atoms with Crippen LogP contribution < -0.4 is 10.9 Å². The molecule has 1 saturated carbocycles. The summed E-state index contributed by atoms with van der Waals surface area (Å²) in [6.45, 7) is 0.332. The molecule has 1 aliphatic carbocycles. The van der Waals surface area contributed by atoms with Crippen molar-refractivity contribution in [3.8, 4) is 0 Å². The number of carbonyl (C=O) groups is 1. The molecular formula is C15H19N3O3S. The minimum absolute atomic E-state index is 0.0568. The number of thiophene rings is 1.